The average molecular weight is 501 g/mol. The Kier molecular flexibility index (Phi) is 4.67. The zero-order valence-electron chi connectivity index (χ0n) is 20.9. The fraction of sp³-hybridized carbons (Fsp3) is 0.654. The maximum absolute atomic E-state index is 13.7. The molecule has 4 saturated heterocycles. The number of ether oxygens (including phenoxy) is 4. The highest BCUT2D eigenvalue weighted by Crippen LogP contribution is 2.79. The van der Waals surface area contributed by atoms with E-state index in [-0.39, 0.29) is 18.0 Å². The standard InChI is InChI=1S/C26H32N2O6S/c1-6-23-13-19(33-15(2)29)20(35)28-11-7-10-24-17-9-8-16(31-4)12-18(17)27(3)21(24)25(14-23,22(30)32-5)34-26(23,24)28/h8-9,12,19,21H,6-7,10-11,13-14H2,1-5H3/t19-,21+,23-,24-,25+,26-/m0/s1. The molecule has 0 unspecified atom stereocenters. The molecule has 0 aromatic heterocycles. The van der Waals surface area contributed by atoms with Gasteiger partial charge in [-0.15, -0.1) is 0 Å². The lowest BCUT2D eigenvalue weighted by Gasteiger charge is -2.66. The van der Waals surface area contributed by atoms with Gasteiger partial charge in [-0.2, -0.15) is 0 Å². The quantitative estimate of drug-likeness (QED) is 0.458. The SMILES string of the molecule is CC[C@]12C[C@H](OC(C)=O)C(=S)N3CCC[C@]45c6ccc(OC)cc6N(C)[C@H]4[C@@](C(=O)OC)(C1)O[C@@]325. The molecule has 0 N–H and O–H groups in total. The number of methoxy groups -OCH3 is 2. The highest BCUT2D eigenvalue weighted by Gasteiger charge is 2.91. The number of carbonyl (C=O) groups is 2. The Bertz CT molecular complexity index is 1160. The van der Waals surface area contributed by atoms with Crippen molar-refractivity contribution in [3.05, 3.63) is 23.8 Å². The van der Waals surface area contributed by atoms with Crippen LogP contribution in [0.2, 0.25) is 0 Å². The maximum Gasteiger partial charge on any atom is 0.340 e. The van der Waals surface area contributed by atoms with Gasteiger partial charge in [0.1, 0.15) is 10.7 Å². The Hall–Kier alpha value is -2.39. The fourth-order valence-electron chi connectivity index (χ4n) is 8.74. The minimum Gasteiger partial charge on any atom is -0.497 e. The summed E-state index contributed by atoms with van der Waals surface area (Å²) in [6, 6.07) is 5.94. The molecule has 5 aliphatic heterocycles. The van der Waals surface area contributed by atoms with E-state index in [0.29, 0.717) is 24.4 Å². The number of carbonyl (C=O) groups excluding carboxylic acids is 2. The number of fused-ring (bicyclic) bond motifs is 3. The Morgan fingerprint density at radius 3 is 2.71 bits per heavy atom. The zero-order chi connectivity index (χ0) is 25.0. The summed E-state index contributed by atoms with van der Waals surface area (Å²) in [5, 5.41) is 0. The Balaban J connectivity index is 1.66. The van der Waals surface area contributed by atoms with E-state index in [4.69, 9.17) is 31.2 Å². The highest BCUT2D eigenvalue weighted by atomic mass is 32.1. The van der Waals surface area contributed by atoms with Crippen LogP contribution in [0.25, 0.3) is 0 Å². The predicted octanol–water partition coefficient (Wildman–Crippen LogP) is 2.95. The van der Waals surface area contributed by atoms with Gasteiger partial charge in [0.15, 0.2) is 17.4 Å². The fourth-order valence-corrected chi connectivity index (χ4v) is 9.09. The monoisotopic (exact) mass is 500 g/mol. The van der Waals surface area contributed by atoms with Crippen molar-refractivity contribution in [3.8, 4) is 5.75 Å². The molecule has 5 heterocycles. The number of benzene rings is 1. The largest absolute Gasteiger partial charge is 0.497 e. The Labute approximate surface area is 210 Å². The van der Waals surface area contributed by atoms with Crippen LogP contribution < -0.4 is 9.64 Å². The zero-order valence-corrected chi connectivity index (χ0v) is 21.7. The van der Waals surface area contributed by atoms with Crippen LogP contribution in [0.5, 0.6) is 5.75 Å². The van der Waals surface area contributed by atoms with Crippen molar-refractivity contribution in [2.75, 3.05) is 32.7 Å². The van der Waals surface area contributed by atoms with Crippen molar-refractivity contribution in [1.82, 2.24) is 4.90 Å². The summed E-state index contributed by atoms with van der Waals surface area (Å²) in [5.74, 6) is 0.0664. The van der Waals surface area contributed by atoms with Crippen molar-refractivity contribution in [1.29, 1.82) is 0 Å². The van der Waals surface area contributed by atoms with Crippen LogP contribution in [0.15, 0.2) is 18.2 Å². The first-order chi connectivity index (χ1) is 16.7. The predicted molar refractivity (Wildman–Crippen MR) is 131 cm³/mol. The molecule has 0 amide bonds. The van der Waals surface area contributed by atoms with Crippen molar-refractivity contribution in [3.63, 3.8) is 0 Å². The summed E-state index contributed by atoms with van der Waals surface area (Å²) in [6.07, 6.45) is 2.99. The lowest BCUT2D eigenvalue weighted by atomic mass is 9.46. The van der Waals surface area contributed by atoms with E-state index >= 15 is 0 Å². The molecule has 1 aromatic rings. The van der Waals surface area contributed by atoms with Crippen LogP contribution in [0.4, 0.5) is 5.69 Å². The second-order valence-corrected chi connectivity index (χ2v) is 11.1. The molecule has 0 saturated carbocycles. The van der Waals surface area contributed by atoms with Crippen molar-refractivity contribution >= 4 is 34.8 Å². The van der Waals surface area contributed by atoms with E-state index in [2.05, 4.69) is 28.9 Å². The van der Waals surface area contributed by atoms with Gasteiger partial charge in [-0.25, -0.2) is 4.79 Å². The third-order valence-electron chi connectivity index (χ3n) is 9.58. The minimum absolute atomic E-state index is 0.250. The number of nitrogens with zero attached hydrogens (tertiary/aromatic N) is 2. The van der Waals surface area contributed by atoms with Crippen LogP contribution in [-0.2, 0) is 29.2 Å². The molecular formula is C26H32N2O6S. The van der Waals surface area contributed by atoms with Gasteiger partial charge in [0, 0.05) is 44.1 Å². The van der Waals surface area contributed by atoms with E-state index in [1.807, 2.05) is 13.1 Å². The molecule has 9 heteroatoms. The summed E-state index contributed by atoms with van der Waals surface area (Å²) in [4.78, 5) is 30.7. The van der Waals surface area contributed by atoms with Crippen LogP contribution in [0.3, 0.4) is 0 Å². The van der Waals surface area contributed by atoms with E-state index in [1.54, 1.807) is 7.11 Å². The van der Waals surface area contributed by atoms with Crippen LogP contribution in [0, 0.1) is 5.41 Å². The topological polar surface area (TPSA) is 77.5 Å². The lowest BCUT2D eigenvalue weighted by Crippen LogP contribution is -2.79. The number of thiocarbonyl (C=S) groups is 1. The van der Waals surface area contributed by atoms with E-state index in [0.717, 1.165) is 36.3 Å². The molecule has 188 valence electrons. The molecule has 0 radical (unpaired) electrons. The second kappa shape index (κ2) is 7.09. The highest BCUT2D eigenvalue weighted by molar-refractivity contribution is 7.80. The van der Waals surface area contributed by atoms with E-state index < -0.39 is 28.3 Å². The van der Waals surface area contributed by atoms with Gasteiger partial charge < -0.3 is 28.7 Å². The maximum atomic E-state index is 13.7. The van der Waals surface area contributed by atoms with Crippen LogP contribution in [-0.4, -0.2) is 73.1 Å². The summed E-state index contributed by atoms with van der Waals surface area (Å²) in [7, 11) is 5.14. The molecule has 8 nitrogen and oxygen atoms in total. The van der Waals surface area contributed by atoms with Crippen molar-refractivity contribution in [2.45, 2.75) is 74.8 Å². The molecule has 35 heavy (non-hydrogen) atoms. The Morgan fingerprint density at radius 1 is 1.29 bits per heavy atom. The van der Waals surface area contributed by atoms with Crippen LogP contribution >= 0.6 is 12.2 Å². The van der Waals surface area contributed by atoms with Gasteiger partial charge >= 0.3 is 11.9 Å². The number of rotatable bonds is 4. The number of likely N-dealkylation sites (N-methyl/N-ethyl adjacent to an activating group) is 1. The van der Waals surface area contributed by atoms with Gasteiger partial charge in [-0.05, 0) is 37.3 Å². The second-order valence-electron chi connectivity index (χ2n) is 10.7. The van der Waals surface area contributed by atoms with Crippen molar-refractivity contribution in [2.24, 2.45) is 5.41 Å². The molecule has 6 atom stereocenters. The van der Waals surface area contributed by atoms with Gasteiger partial charge in [-0.1, -0.05) is 25.2 Å². The van der Waals surface area contributed by atoms with Gasteiger partial charge in [0.2, 0.25) is 0 Å². The third-order valence-corrected chi connectivity index (χ3v) is 10.1. The molecule has 4 fully saturated rings. The minimum atomic E-state index is -1.17. The number of hydrogen-bond donors (Lipinski definition) is 0. The van der Waals surface area contributed by atoms with Gasteiger partial charge in [0.25, 0.3) is 0 Å². The van der Waals surface area contributed by atoms with E-state index in [1.165, 1.54) is 14.0 Å². The number of piperidine rings is 2. The smallest absolute Gasteiger partial charge is 0.340 e. The summed E-state index contributed by atoms with van der Waals surface area (Å²) >= 11 is 6.00. The lowest BCUT2D eigenvalue weighted by molar-refractivity contribution is -0.223. The molecule has 1 aromatic carbocycles. The first-order valence-electron chi connectivity index (χ1n) is 12.4. The van der Waals surface area contributed by atoms with Crippen LogP contribution in [0.1, 0.15) is 51.5 Å². The number of anilines is 1. The molecule has 5 aliphatic rings. The first-order valence-corrected chi connectivity index (χ1v) is 12.8. The molecule has 2 bridgehead atoms. The average Bonchev–Trinajstić information content (AvgIpc) is 3.40. The first kappa shape index (κ1) is 23.0. The van der Waals surface area contributed by atoms with Gasteiger partial charge in [0.05, 0.1) is 25.7 Å². The molecule has 0 aliphatic carbocycles. The number of esters is 2. The third kappa shape index (κ3) is 2.31. The molecule has 6 rings (SSSR count). The Morgan fingerprint density at radius 2 is 2.06 bits per heavy atom. The van der Waals surface area contributed by atoms with Gasteiger partial charge in [-0.3, -0.25) is 4.79 Å². The summed E-state index contributed by atoms with van der Waals surface area (Å²) in [5.41, 5.74) is -0.763. The van der Waals surface area contributed by atoms with E-state index in [9.17, 15) is 9.59 Å². The summed E-state index contributed by atoms with van der Waals surface area (Å²) < 4.78 is 24.0. The normalized spacial score (nSPS) is 40.2. The molecular weight excluding hydrogens is 468 g/mol. The summed E-state index contributed by atoms with van der Waals surface area (Å²) in [6.45, 7) is 4.26. The number of hydrogen-bond acceptors (Lipinski definition) is 8. The molecule has 2 spiro atoms. The van der Waals surface area contributed by atoms with Crippen molar-refractivity contribution < 1.29 is 28.5 Å².